The number of hydrogen-bond acceptors (Lipinski definition) is 6. The second kappa shape index (κ2) is 15.8. The molecule has 0 aliphatic carbocycles. The molecule has 0 aromatic heterocycles. The molecule has 9 heteroatoms. The molecule has 2 amide bonds. The predicted molar refractivity (Wildman–Crippen MR) is 171 cm³/mol. The lowest BCUT2D eigenvalue weighted by atomic mass is 9.84. The molecule has 0 saturated carbocycles. The summed E-state index contributed by atoms with van der Waals surface area (Å²) in [5.41, 5.74) is 3.38. The molecule has 3 N–H and O–H groups in total. The van der Waals surface area contributed by atoms with E-state index in [1.165, 1.54) is 19.2 Å². The Hall–Kier alpha value is -4.73. The zero-order valence-corrected chi connectivity index (χ0v) is 25.2. The number of amides is 2. The molecule has 1 fully saturated rings. The summed E-state index contributed by atoms with van der Waals surface area (Å²) in [5.74, 6) is -0.543. The summed E-state index contributed by atoms with van der Waals surface area (Å²) < 4.78 is 30.2. The molecule has 0 radical (unpaired) electrons. The van der Waals surface area contributed by atoms with Gasteiger partial charge in [0, 0.05) is 24.7 Å². The summed E-state index contributed by atoms with van der Waals surface area (Å²) in [5, 5.41) is 9.28. The Morgan fingerprint density at radius 2 is 1.49 bits per heavy atom. The number of nitrogens with one attached hydrogen (secondary N) is 3. The molecule has 3 atom stereocenters. The van der Waals surface area contributed by atoms with Gasteiger partial charge in [0.25, 0.3) is 0 Å². The number of morpholine rings is 1. The summed E-state index contributed by atoms with van der Waals surface area (Å²) in [6, 6.07) is 31.9. The molecule has 0 spiro atoms. The lowest BCUT2D eigenvalue weighted by Crippen LogP contribution is -2.48. The van der Waals surface area contributed by atoms with Crippen LogP contribution in [0.2, 0.25) is 0 Å². The number of alkyl carbamates (subject to hydrolysis) is 1. The number of aryl methyl sites for hydroxylation is 1. The number of halogens is 1. The lowest BCUT2D eigenvalue weighted by Gasteiger charge is -2.31. The van der Waals surface area contributed by atoms with E-state index < -0.39 is 18.1 Å². The van der Waals surface area contributed by atoms with Gasteiger partial charge >= 0.3 is 6.09 Å². The molecule has 234 valence electrons. The molecule has 0 unspecified atom stereocenters. The van der Waals surface area contributed by atoms with Crippen LogP contribution in [-0.4, -0.2) is 57.1 Å². The van der Waals surface area contributed by atoms with E-state index in [1.807, 2.05) is 84.9 Å². The van der Waals surface area contributed by atoms with Crippen molar-refractivity contribution < 1.29 is 28.2 Å². The first kappa shape index (κ1) is 31.7. The third-order valence-corrected chi connectivity index (χ3v) is 7.78. The van der Waals surface area contributed by atoms with E-state index in [2.05, 4.69) is 16.0 Å². The second-order valence-corrected chi connectivity index (χ2v) is 10.9. The Labute approximate surface area is 262 Å². The molecule has 0 bridgehead atoms. The van der Waals surface area contributed by atoms with Gasteiger partial charge < -0.3 is 30.2 Å². The maximum Gasteiger partial charge on any atom is 0.407 e. The maximum atomic E-state index is 14.0. The van der Waals surface area contributed by atoms with Crippen molar-refractivity contribution >= 4 is 17.7 Å². The Morgan fingerprint density at radius 3 is 2.16 bits per heavy atom. The van der Waals surface area contributed by atoms with Crippen molar-refractivity contribution in [3.63, 3.8) is 0 Å². The van der Waals surface area contributed by atoms with Crippen molar-refractivity contribution in [1.29, 1.82) is 0 Å². The van der Waals surface area contributed by atoms with Crippen LogP contribution in [0.5, 0.6) is 5.75 Å². The van der Waals surface area contributed by atoms with Crippen LogP contribution in [0, 0.1) is 5.82 Å². The highest BCUT2D eigenvalue weighted by atomic mass is 19.1. The van der Waals surface area contributed by atoms with E-state index in [4.69, 9.17) is 14.2 Å². The molecule has 1 aliphatic rings. The van der Waals surface area contributed by atoms with Crippen LogP contribution in [-0.2, 0) is 20.7 Å². The zero-order valence-electron chi connectivity index (χ0n) is 25.2. The number of ether oxygens (including phenoxy) is 3. The minimum atomic E-state index is -0.956. The highest BCUT2D eigenvalue weighted by Crippen LogP contribution is 2.30. The molecule has 1 aliphatic heterocycles. The monoisotopic (exact) mass is 611 g/mol. The molecular formula is C36H38FN3O5. The minimum absolute atomic E-state index is 0.0568. The van der Waals surface area contributed by atoms with Gasteiger partial charge in [-0.3, -0.25) is 4.79 Å². The van der Waals surface area contributed by atoms with Gasteiger partial charge in [-0.1, -0.05) is 78.9 Å². The van der Waals surface area contributed by atoms with E-state index in [9.17, 15) is 14.0 Å². The summed E-state index contributed by atoms with van der Waals surface area (Å²) in [7, 11) is 1.28. The molecule has 5 rings (SSSR count). The largest absolute Gasteiger partial charge is 0.491 e. The normalized spacial score (nSPS) is 16.9. The highest BCUT2D eigenvalue weighted by molar-refractivity contribution is 5.98. The van der Waals surface area contributed by atoms with Crippen LogP contribution in [0.1, 0.15) is 29.0 Å². The molecular weight excluding hydrogens is 573 g/mol. The van der Waals surface area contributed by atoms with Gasteiger partial charge in [0.05, 0.1) is 13.2 Å². The summed E-state index contributed by atoms with van der Waals surface area (Å²) in [4.78, 5) is 26.5. The van der Waals surface area contributed by atoms with Gasteiger partial charge in [0.15, 0.2) is 0 Å². The molecule has 4 aromatic carbocycles. The Balaban J connectivity index is 1.27. The fourth-order valence-electron chi connectivity index (χ4n) is 5.53. The van der Waals surface area contributed by atoms with Crippen LogP contribution < -0.4 is 20.7 Å². The van der Waals surface area contributed by atoms with Crippen molar-refractivity contribution in [3.05, 3.63) is 132 Å². The zero-order chi connectivity index (χ0) is 31.4. The van der Waals surface area contributed by atoms with E-state index in [-0.39, 0.29) is 23.9 Å². The van der Waals surface area contributed by atoms with Gasteiger partial charge in [0.1, 0.15) is 30.3 Å². The number of hydrogen-bond donors (Lipinski definition) is 3. The average Bonchev–Trinajstić information content (AvgIpc) is 3.08. The first-order valence-corrected chi connectivity index (χ1v) is 15.1. The van der Waals surface area contributed by atoms with Crippen molar-refractivity contribution in [2.24, 2.45) is 0 Å². The quantitative estimate of drug-likeness (QED) is 0.191. The van der Waals surface area contributed by atoms with Crippen LogP contribution in [0.3, 0.4) is 0 Å². The van der Waals surface area contributed by atoms with E-state index in [1.54, 1.807) is 12.1 Å². The van der Waals surface area contributed by atoms with Crippen LogP contribution in [0.4, 0.5) is 14.9 Å². The average molecular weight is 612 g/mol. The van der Waals surface area contributed by atoms with Crippen molar-refractivity contribution in [3.8, 4) is 5.75 Å². The smallest absolute Gasteiger partial charge is 0.407 e. The Bertz CT molecular complexity index is 1480. The first-order valence-electron chi connectivity index (χ1n) is 15.1. The minimum Gasteiger partial charge on any atom is -0.491 e. The van der Waals surface area contributed by atoms with Gasteiger partial charge in [-0.05, 0) is 59.9 Å². The Morgan fingerprint density at radius 1 is 0.867 bits per heavy atom. The van der Waals surface area contributed by atoms with Gasteiger partial charge in [0.2, 0.25) is 5.91 Å². The number of rotatable bonds is 12. The predicted octanol–water partition coefficient (Wildman–Crippen LogP) is 5.69. The second-order valence-electron chi connectivity index (χ2n) is 10.9. The molecule has 1 saturated heterocycles. The van der Waals surface area contributed by atoms with Crippen molar-refractivity contribution in [2.45, 2.75) is 37.0 Å². The molecule has 1 heterocycles. The number of anilines is 1. The Kier molecular flexibility index (Phi) is 11.1. The van der Waals surface area contributed by atoms with Gasteiger partial charge in [-0.25, -0.2) is 9.18 Å². The first-order chi connectivity index (χ1) is 22.0. The SMILES string of the molecule is COC(=O)N[C@H](C(=O)Nc1ccccc1CC[C@@H]1CNC[C@@H](COc2ccc(F)cc2)O1)C(c1ccccc1)c1ccccc1. The third kappa shape index (κ3) is 8.90. The third-order valence-electron chi connectivity index (χ3n) is 7.78. The number of carbonyl (C=O) groups is 2. The van der Waals surface area contributed by atoms with E-state index in [0.29, 0.717) is 44.0 Å². The van der Waals surface area contributed by atoms with Crippen LogP contribution >= 0.6 is 0 Å². The fraction of sp³-hybridized carbons (Fsp3) is 0.278. The summed E-state index contributed by atoms with van der Waals surface area (Å²) in [6.07, 6.45) is 0.470. The number of para-hydroxylation sites is 1. The molecule has 8 nitrogen and oxygen atoms in total. The topological polar surface area (TPSA) is 97.9 Å². The van der Waals surface area contributed by atoms with Crippen molar-refractivity contribution in [1.82, 2.24) is 10.6 Å². The molecule has 45 heavy (non-hydrogen) atoms. The van der Waals surface area contributed by atoms with Gasteiger partial charge in [-0.15, -0.1) is 0 Å². The number of methoxy groups -OCH3 is 1. The highest BCUT2D eigenvalue weighted by Gasteiger charge is 2.33. The summed E-state index contributed by atoms with van der Waals surface area (Å²) in [6.45, 7) is 1.70. The fourth-order valence-corrected chi connectivity index (χ4v) is 5.53. The number of carbonyl (C=O) groups excluding carboxylic acids is 2. The van der Waals surface area contributed by atoms with E-state index in [0.717, 1.165) is 16.7 Å². The molecule has 4 aromatic rings. The standard InChI is InChI=1S/C36H38FN3O5/c1-43-36(42)40-34(33(26-11-4-2-5-12-26)27-13-6-3-7-14-27)35(41)39-32-15-9-8-10-25(32)16-19-30-22-38-23-31(45-30)24-44-29-20-17-28(37)18-21-29/h2-15,17-18,20-21,30-31,33-34,38H,16,19,22-24H2,1H3,(H,39,41)(H,40,42)/t30-,31+,34+/m1/s1. The number of benzene rings is 4. The lowest BCUT2D eigenvalue weighted by molar-refractivity contribution is -0.118. The van der Waals surface area contributed by atoms with Crippen LogP contribution in [0.25, 0.3) is 0 Å². The van der Waals surface area contributed by atoms with E-state index >= 15 is 0 Å². The van der Waals surface area contributed by atoms with Gasteiger partial charge in [-0.2, -0.15) is 0 Å². The maximum absolute atomic E-state index is 14.0. The van der Waals surface area contributed by atoms with Crippen LogP contribution in [0.15, 0.2) is 109 Å². The summed E-state index contributed by atoms with van der Waals surface area (Å²) >= 11 is 0. The van der Waals surface area contributed by atoms with Crippen molar-refractivity contribution in [2.75, 3.05) is 32.1 Å².